The monoisotopic (exact) mass is 486 g/mol. The van der Waals surface area contributed by atoms with E-state index in [0.717, 1.165) is 4.31 Å². The zero-order valence-electron chi connectivity index (χ0n) is 19.3. The van der Waals surface area contributed by atoms with Crippen LogP contribution >= 0.6 is 0 Å². The van der Waals surface area contributed by atoms with Crippen LogP contribution in [0.3, 0.4) is 0 Å². The summed E-state index contributed by atoms with van der Waals surface area (Å²) in [6.45, 7) is -0.463. The fourth-order valence-electron chi connectivity index (χ4n) is 3.26. The number of nitrogens with zero attached hydrogens (tertiary/aromatic N) is 1. The topological polar surface area (TPSA) is 103 Å². The molecule has 1 N–H and O–H groups in total. The van der Waals surface area contributed by atoms with E-state index in [1.165, 1.54) is 46.6 Å². The summed E-state index contributed by atoms with van der Waals surface area (Å²) in [5.41, 5.74) is 0.763. The summed E-state index contributed by atoms with van der Waals surface area (Å²) in [7, 11) is 1.73. The second-order valence-corrected chi connectivity index (χ2v) is 8.84. The summed E-state index contributed by atoms with van der Waals surface area (Å²) in [5, 5.41) is 2.71. The standard InChI is InChI=1S/C24H26N2O7S/c1-30-20-12-10-17(14-22(20)32-3)25-24(27)16-26(18-8-6-5-7-9-18)34(28,29)19-11-13-21(31-2)23(15-19)33-4/h5-15H,16H2,1-4H3,(H,25,27). The Balaban J connectivity index is 1.94. The van der Waals surface area contributed by atoms with Crippen molar-refractivity contribution in [1.29, 1.82) is 0 Å². The molecule has 0 heterocycles. The third-order valence-electron chi connectivity index (χ3n) is 4.94. The predicted molar refractivity (Wildman–Crippen MR) is 129 cm³/mol. The number of carbonyl (C=O) groups excluding carboxylic acids is 1. The van der Waals surface area contributed by atoms with Crippen LogP contribution in [-0.4, -0.2) is 49.3 Å². The van der Waals surface area contributed by atoms with E-state index in [2.05, 4.69) is 5.32 Å². The van der Waals surface area contributed by atoms with Crippen molar-refractivity contribution in [2.24, 2.45) is 0 Å². The van der Waals surface area contributed by atoms with E-state index < -0.39 is 22.5 Å². The molecule has 0 unspecified atom stereocenters. The van der Waals surface area contributed by atoms with Gasteiger partial charge in [0.15, 0.2) is 23.0 Å². The van der Waals surface area contributed by atoms with Crippen LogP contribution in [0, 0.1) is 0 Å². The molecule has 180 valence electrons. The van der Waals surface area contributed by atoms with Gasteiger partial charge in [-0.1, -0.05) is 18.2 Å². The van der Waals surface area contributed by atoms with Gasteiger partial charge in [-0.15, -0.1) is 0 Å². The second-order valence-electron chi connectivity index (χ2n) is 6.98. The maximum atomic E-state index is 13.6. The molecule has 3 aromatic rings. The summed E-state index contributed by atoms with van der Waals surface area (Å²) >= 11 is 0. The fourth-order valence-corrected chi connectivity index (χ4v) is 4.70. The molecule has 0 aliphatic heterocycles. The van der Waals surface area contributed by atoms with Crippen molar-refractivity contribution >= 4 is 27.3 Å². The largest absolute Gasteiger partial charge is 0.493 e. The lowest BCUT2D eigenvalue weighted by molar-refractivity contribution is -0.114. The van der Waals surface area contributed by atoms with Crippen LogP contribution in [0.1, 0.15) is 0 Å². The molecule has 10 heteroatoms. The third kappa shape index (κ3) is 5.34. The summed E-state index contributed by atoms with van der Waals surface area (Å²) in [5.74, 6) is 1.03. The lowest BCUT2D eigenvalue weighted by atomic mass is 10.2. The van der Waals surface area contributed by atoms with Crippen LogP contribution in [0.5, 0.6) is 23.0 Å². The Hall–Kier alpha value is -3.92. The number of anilines is 2. The van der Waals surface area contributed by atoms with Gasteiger partial charge in [0.1, 0.15) is 6.54 Å². The number of hydrogen-bond acceptors (Lipinski definition) is 7. The van der Waals surface area contributed by atoms with Crippen molar-refractivity contribution < 1.29 is 32.2 Å². The maximum Gasteiger partial charge on any atom is 0.264 e. The molecule has 34 heavy (non-hydrogen) atoms. The van der Waals surface area contributed by atoms with Gasteiger partial charge in [0.2, 0.25) is 5.91 Å². The lowest BCUT2D eigenvalue weighted by Gasteiger charge is -2.24. The highest BCUT2D eigenvalue weighted by molar-refractivity contribution is 7.92. The smallest absolute Gasteiger partial charge is 0.264 e. The van der Waals surface area contributed by atoms with Crippen LogP contribution in [-0.2, 0) is 14.8 Å². The number of ether oxygens (including phenoxy) is 4. The van der Waals surface area contributed by atoms with Crippen molar-refractivity contribution in [3.05, 3.63) is 66.7 Å². The average molecular weight is 487 g/mol. The van der Waals surface area contributed by atoms with Gasteiger partial charge in [0.05, 0.1) is 39.0 Å². The molecular formula is C24H26N2O7S. The van der Waals surface area contributed by atoms with Crippen LogP contribution in [0.15, 0.2) is 71.6 Å². The molecule has 0 aliphatic carbocycles. The Morgan fingerprint density at radius 3 is 1.91 bits per heavy atom. The van der Waals surface area contributed by atoms with Crippen LogP contribution < -0.4 is 28.6 Å². The molecule has 0 aromatic heterocycles. The number of hydrogen-bond donors (Lipinski definition) is 1. The van der Waals surface area contributed by atoms with Crippen molar-refractivity contribution in [2.45, 2.75) is 4.90 Å². The molecule has 0 aliphatic rings. The molecular weight excluding hydrogens is 460 g/mol. The summed E-state index contributed by atoms with van der Waals surface area (Å²) in [4.78, 5) is 12.9. The molecule has 0 spiro atoms. The lowest BCUT2D eigenvalue weighted by Crippen LogP contribution is -2.38. The van der Waals surface area contributed by atoms with Crippen molar-refractivity contribution in [3.8, 4) is 23.0 Å². The summed E-state index contributed by atoms with van der Waals surface area (Å²) < 4.78 is 49.1. The van der Waals surface area contributed by atoms with Gasteiger partial charge in [-0.2, -0.15) is 0 Å². The van der Waals surface area contributed by atoms with Gasteiger partial charge in [-0.3, -0.25) is 9.10 Å². The van der Waals surface area contributed by atoms with E-state index in [1.807, 2.05) is 0 Å². The van der Waals surface area contributed by atoms with Gasteiger partial charge >= 0.3 is 0 Å². The van der Waals surface area contributed by atoms with Gasteiger partial charge in [-0.05, 0) is 36.4 Å². The van der Waals surface area contributed by atoms with Gasteiger partial charge in [0.25, 0.3) is 10.0 Å². The van der Waals surface area contributed by atoms with Crippen molar-refractivity contribution in [2.75, 3.05) is 44.6 Å². The number of nitrogens with one attached hydrogen (secondary N) is 1. The Morgan fingerprint density at radius 2 is 1.32 bits per heavy atom. The molecule has 0 bridgehead atoms. The number of rotatable bonds is 10. The highest BCUT2D eigenvalue weighted by atomic mass is 32.2. The van der Waals surface area contributed by atoms with E-state index in [1.54, 1.807) is 48.5 Å². The first-order valence-corrected chi connectivity index (χ1v) is 11.6. The quantitative estimate of drug-likeness (QED) is 0.467. The zero-order chi connectivity index (χ0) is 24.7. The minimum absolute atomic E-state index is 0.0482. The molecule has 0 radical (unpaired) electrons. The van der Waals surface area contributed by atoms with E-state index in [-0.39, 0.29) is 10.6 Å². The number of amides is 1. The molecule has 3 aromatic carbocycles. The molecule has 0 saturated carbocycles. The van der Waals surface area contributed by atoms with Gasteiger partial charge in [0, 0.05) is 17.8 Å². The molecule has 9 nitrogen and oxygen atoms in total. The van der Waals surface area contributed by atoms with Crippen molar-refractivity contribution in [1.82, 2.24) is 0 Å². The number of methoxy groups -OCH3 is 4. The Labute approximate surface area is 198 Å². The first-order valence-electron chi connectivity index (χ1n) is 10.2. The number of benzene rings is 3. The summed E-state index contributed by atoms with van der Waals surface area (Å²) in [6.07, 6.45) is 0. The normalized spacial score (nSPS) is 10.8. The Bertz CT molecular complexity index is 1250. The molecule has 0 fully saturated rings. The van der Waals surface area contributed by atoms with E-state index in [9.17, 15) is 13.2 Å². The van der Waals surface area contributed by atoms with E-state index in [4.69, 9.17) is 18.9 Å². The van der Waals surface area contributed by atoms with Gasteiger partial charge < -0.3 is 24.3 Å². The maximum absolute atomic E-state index is 13.6. The minimum Gasteiger partial charge on any atom is -0.493 e. The SMILES string of the molecule is COc1ccc(NC(=O)CN(c2ccccc2)S(=O)(=O)c2ccc(OC)c(OC)c2)cc1OC. The first-order chi connectivity index (χ1) is 16.3. The van der Waals surface area contributed by atoms with Crippen LogP contribution in [0.2, 0.25) is 0 Å². The Kier molecular flexibility index (Phi) is 7.85. The van der Waals surface area contributed by atoms with Gasteiger partial charge in [-0.25, -0.2) is 8.42 Å². The van der Waals surface area contributed by atoms with Crippen LogP contribution in [0.4, 0.5) is 11.4 Å². The number of sulfonamides is 1. The molecule has 3 rings (SSSR count). The van der Waals surface area contributed by atoms with Crippen molar-refractivity contribution in [3.63, 3.8) is 0 Å². The predicted octanol–water partition coefficient (Wildman–Crippen LogP) is 3.56. The first kappa shape index (κ1) is 24.7. The highest BCUT2D eigenvalue weighted by Crippen LogP contribution is 2.33. The third-order valence-corrected chi connectivity index (χ3v) is 6.71. The molecule has 0 saturated heterocycles. The minimum atomic E-state index is -4.13. The van der Waals surface area contributed by atoms with E-state index in [0.29, 0.717) is 28.6 Å². The molecule has 1 amide bonds. The molecule has 0 atom stereocenters. The van der Waals surface area contributed by atoms with Crippen LogP contribution in [0.25, 0.3) is 0 Å². The Morgan fingerprint density at radius 1 is 0.765 bits per heavy atom. The average Bonchev–Trinajstić information content (AvgIpc) is 2.87. The van der Waals surface area contributed by atoms with E-state index >= 15 is 0 Å². The number of para-hydroxylation sites is 1. The zero-order valence-corrected chi connectivity index (χ0v) is 20.1. The highest BCUT2D eigenvalue weighted by Gasteiger charge is 2.28. The number of carbonyl (C=O) groups is 1. The summed E-state index contributed by atoms with van der Waals surface area (Å²) in [6, 6.07) is 17.5. The second kappa shape index (κ2) is 10.8. The fraction of sp³-hybridized carbons (Fsp3) is 0.208.